The number of amides is 2. The topological polar surface area (TPSA) is 255 Å². The summed E-state index contributed by atoms with van der Waals surface area (Å²) in [4.78, 5) is 57.3. The van der Waals surface area contributed by atoms with Gasteiger partial charge in [-0.3, -0.25) is 38.6 Å². The molecule has 22 heteroatoms. The van der Waals surface area contributed by atoms with E-state index in [2.05, 4.69) is 29.9 Å². The lowest BCUT2D eigenvalue weighted by Gasteiger charge is -2.39. The van der Waals surface area contributed by atoms with Crippen LogP contribution in [0.3, 0.4) is 0 Å². The zero-order chi connectivity index (χ0) is 48.2. The summed E-state index contributed by atoms with van der Waals surface area (Å²) >= 11 is 0. The molecular formula is C45H78N8O12S2. The molecule has 67 heavy (non-hydrogen) atoms. The van der Waals surface area contributed by atoms with E-state index in [4.69, 9.17) is 9.47 Å². The molecule has 1 aromatic heterocycles. The standard InChI is InChI=1S/C45H78N8O12S2/c54-35-37-42(61)43(62)44(63)45(65-37)64-29-8-6-4-2-1-3-5-7-17-48-18-10-20-51(34-41(59)60)28-26-49(19-11-21-50(27-25-48)33-40(57)58)22-13-31-67-66-30-9-14-36-32-52(47-46-36)23-12-24-53-38(55)15-16-39(53)56/h15-16,32,37,42-45,54,61-63H,1-14,17-31,33-35H2,(H,57,58)(H,59,60)/t37?,42-,43?,44+,45-/m1/s1. The van der Waals surface area contributed by atoms with Gasteiger partial charge in [0.1, 0.15) is 24.4 Å². The monoisotopic (exact) mass is 987 g/mol. The molecule has 0 spiro atoms. The highest BCUT2D eigenvalue weighted by Gasteiger charge is 2.44. The average molecular weight is 987 g/mol. The summed E-state index contributed by atoms with van der Waals surface area (Å²) in [5.74, 6) is -0.215. The van der Waals surface area contributed by atoms with Crippen LogP contribution in [-0.4, -0.2) is 234 Å². The van der Waals surface area contributed by atoms with Gasteiger partial charge in [0.15, 0.2) is 6.29 Å². The van der Waals surface area contributed by atoms with Gasteiger partial charge in [0, 0.05) is 88.8 Å². The minimum Gasteiger partial charge on any atom is -0.480 e. The molecule has 4 rings (SSSR count). The molecule has 1 aromatic rings. The highest BCUT2D eigenvalue weighted by molar-refractivity contribution is 8.76. The Labute approximate surface area is 403 Å². The van der Waals surface area contributed by atoms with Crippen molar-refractivity contribution in [3.63, 3.8) is 0 Å². The molecule has 2 fully saturated rings. The third kappa shape index (κ3) is 22.7. The summed E-state index contributed by atoms with van der Waals surface area (Å²) in [6.45, 7) is 8.50. The van der Waals surface area contributed by atoms with E-state index in [1.54, 1.807) is 4.68 Å². The first-order chi connectivity index (χ1) is 32.4. The maximum atomic E-state index is 11.8. The summed E-state index contributed by atoms with van der Waals surface area (Å²) in [5, 5.41) is 67.2. The van der Waals surface area contributed by atoms with Gasteiger partial charge in [-0.1, -0.05) is 65.3 Å². The fourth-order valence-electron chi connectivity index (χ4n) is 8.48. The van der Waals surface area contributed by atoms with Crippen LogP contribution in [0.4, 0.5) is 0 Å². The molecule has 20 nitrogen and oxygen atoms in total. The zero-order valence-corrected chi connectivity index (χ0v) is 40.9. The normalized spacial score (nSPS) is 23.6. The summed E-state index contributed by atoms with van der Waals surface area (Å²) in [7, 11) is 3.70. The number of carboxylic acid groups (broad SMARTS) is 2. The van der Waals surface area contributed by atoms with Crippen LogP contribution < -0.4 is 0 Å². The van der Waals surface area contributed by atoms with E-state index >= 15 is 0 Å². The Kier molecular flexibility index (Phi) is 28.0. The minimum absolute atomic E-state index is 0.00922. The van der Waals surface area contributed by atoms with Crippen LogP contribution in [0.15, 0.2) is 18.3 Å². The van der Waals surface area contributed by atoms with Crippen molar-refractivity contribution in [2.24, 2.45) is 0 Å². The average Bonchev–Trinajstić information content (AvgIpc) is 3.89. The van der Waals surface area contributed by atoms with Crippen molar-refractivity contribution in [2.75, 3.05) is 110 Å². The van der Waals surface area contributed by atoms with Gasteiger partial charge in [0.25, 0.3) is 11.8 Å². The Hall–Kier alpha value is -2.74. The number of unbranched alkanes of at least 4 members (excludes halogenated alkanes) is 7. The molecule has 6 N–H and O–H groups in total. The van der Waals surface area contributed by atoms with Gasteiger partial charge in [-0.05, 0) is 77.5 Å². The van der Waals surface area contributed by atoms with Crippen LogP contribution in [0.25, 0.3) is 0 Å². The Bertz CT molecular complexity index is 1600. The van der Waals surface area contributed by atoms with Gasteiger partial charge in [-0.25, -0.2) is 0 Å². The van der Waals surface area contributed by atoms with E-state index in [-0.39, 0.29) is 24.9 Å². The second-order valence-electron chi connectivity index (χ2n) is 17.7. The van der Waals surface area contributed by atoms with Crippen molar-refractivity contribution < 1.29 is 59.3 Å². The largest absolute Gasteiger partial charge is 0.480 e. The lowest BCUT2D eigenvalue weighted by Crippen LogP contribution is -2.59. The molecule has 3 aliphatic heterocycles. The minimum atomic E-state index is -1.44. The molecule has 2 unspecified atom stereocenters. The summed E-state index contributed by atoms with van der Waals surface area (Å²) in [6.07, 6.45) is 11.5. The summed E-state index contributed by atoms with van der Waals surface area (Å²) in [6, 6.07) is 0. The number of carboxylic acids is 2. The Morgan fingerprint density at radius 3 is 1.78 bits per heavy atom. The predicted molar refractivity (Wildman–Crippen MR) is 255 cm³/mol. The van der Waals surface area contributed by atoms with E-state index in [1.807, 2.05) is 27.8 Å². The zero-order valence-electron chi connectivity index (χ0n) is 39.3. The molecule has 0 bridgehead atoms. The number of hydrogen-bond acceptors (Lipinski definition) is 18. The number of aliphatic carboxylic acids is 2. The van der Waals surface area contributed by atoms with Crippen molar-refractivity contribution in [1.82, 2.24) is 39.5 Å². The maximum Gasteiger partial charge on any atom is 0.317 e. The fourth-order valence-corrected chi connectivity index (χ4v) is 10.6. The van der Waals surface area contributed by atoms with Crippen LogP contribution in [0.1, 0.15) is 89.2 Å². The molecule has 2 amide bonds. The van der Waals surface area contributed by atoms with E-state index < -0.39 is 49.3 Å². The number of aliphatic hydroxyl groups excluding tert-OH is 4. The molecule has 0 aliphatic carbocycles. The second kappa shape index (κ2) is 33.0. The maximum absolute atomic E-state index is 11.8. The quantitative estimate of drug-likeness (QED) is 0.0362. The highest BCUT2D eigenvalue weighted by Crippen LogP contribution is 2.24. The van der Waals surface area contributed by atoms with Crippen LogP contribution in [0.2, 0.25) is 0 Å². The number of nitrogens with zero attached hydrogens (tertiary/aromatic N) is 8. The van der Waals surface area contributed by atoms with Gasteiger partial charge in [0.05, 0.1) is 25.4 Å². The number of ether oxygens (including phenoxy) is 2. The molecule has 0 saturated carbocycles. The molecule has 2 saturated heterocycles. The molecule has 3 aliphatic rings. The molecule has 5 atom stereocenters. The number of aryl methyl sites for hydroxylation is 2. The lowest BCUT2D eigenvalue weighted by atomic mass is 9.99. The van der Waals surface area contributed by atoms with Gasteiger partial charge >= 0.3 is 11.9 Å². The van der Waals surface area contributed by atoms with Crippen molar-refractivity contribution in [3.8, 4) is 0 Å². The van der Waals surface area contributed by atoms with Crippen LogP contribution >= 0.6 is 21.6 Å². The van der Waals surface area contributed by atoms with Crippen LogP contribution in [-0.2, 0) is 41.6 Å². The molecule has 382 valence electrons. The number of hydrogen-bond donors (Lipinski definition) is 6. The number of aromatic nitrogens is 3. The summed E-state index contributed by atoms with van der Waals surface area (Å²) in [5.41, 5.74) is 0.923. The third-order valence-electron chi connectivity index (χ3n) is 12.3. The molecule has 4 heterocycles. The van der Waals surface area contributed by atoms with Crippen molar-refractivity contribution in [1.29, 1.82) is 0 Å². The molecular weight excluding hydrogens is 909 g/mol. The fraction of sp³-hybridized carbons (Fsp3) is 0.822. The second-order valence-corrected chi connectivity index (χ2v) is 20.4. The first kappa shape index (κ1) is 56.8. The van der Waals surface area contributed by atoms with E-state index in [0.717, 1.165) is 140 Å². The van der Waals surface area contributed by atoms with E-state index in [0.29, 0.717) is 52.3 Å². The third-order valence-corrected chi connectivity index (χ3v) is 14.9. The van der Waals surface area contributed by atoms with E-state index in [9.17, 15) is 49.8 Å². The van der Waals surface area contributed by atoms with Gasteiger partial charge in [-0.15, -0.1) is 5.10 Å². The molecule has 0 aromatic carbocycles. The number of carbonyl (C=O) groups excluding carboxylic acids is 2. The van der Waals surface area contributed by atoms with Crippen molar-refractivity contribution in [2.45, 2.75) is 127 Å². The highest BCUT2D eigenvalue weighted by atomic mass is 33.1. The lowest BCUT2D eigenvalue weighted by molar-refractivity contribution is -0.301. The number of carbonyl (C=O) groups is 4. The summed E-state index contributed by atoms with van der Waals surface area (Å²) < 4.78 is 12.7. The number of imide groups is 1. The van der Waals surface area contributed by atoms with Crippen molar-refractivity contribution in [3.05, 3.63) is 24.0 Å². The van der Waals surface area contributed by atoms with Crippen LogP contribution in [0.5, 0.6) is 0 Å². The van der Waals surface area contributed by atoms with Gasteiger partial charge < -0.3 is 49.9 Å². The Balaban J connectivity index is 1.09. The molecule has 0 radical (unpaired) electrons. The predicted octanol–water partition coefficient (Wildman–Crippen LogP) is 1.41. The first-order valence-corrected chi connectivity index (χ1v) is 26.8. The SMILES string of the molecule is O=C(O)CN1CCCN(CCCSSCCCc2cn(CCCN3C(=O)C=CC3=O)nn2)CCN(CC(=O)O)CCCN(CCCCCCCCCCO[C@@H]2OC(CO)[C@@H](O)C(O)[C@@H]2O)CC1. The Morgan fingerprint density at radius 2 is 1.18 bits per heavy atom. The van der Waals surface area contributed by atoms with E-state index in [1.165, 1.54) is 17.1 Å². The van der Waals surface area contributed by atoms with Crippen LogP contribution in [0, 0.1) is 0 Å². The van der Waals surface area contributed by atoms with Gasteiger partial charge in [-0.2, -0.15) is 0 Å². The number of aliphatic hydroxyl groups is 4. The Morgan fingerprint density at radius 1 is 0.642 bits per heavy atom. The van der Waals surface area contributed by atoms with Crippen molar-refractivity contribution >= 4 is 45.3 Å². The number of rotatable bonds is 30. The van der Waals surface area contributed by atoms with Gasteiger partial charge in [0.2, 0.25) is 0 Å². The smallest absolute Gasteiger partial charge is 0.317 e. The first-order valence-electron chi connectivity index (χ1n) is 24.4.